The molecular formula is C13H20O4. The molecule has 0 aromatic carbocycles. The van der Waals surface area contributed by atoms with Gasteiger partial charge in [-0.3, -0.25) is 0 Å². The van der Waals surface area contributed by atoms with E-state index in [9.17, 15) is 9.59 Å². The molecule has 0 atom stereocenters. The highest BCUT2D eigenvalue weighted by Crippen LogP contribution is 2.24. The molecule has 0 aliphatic carbocycles. The Labute approximate surface area is 102 Å². The van der Waals surface area contributed by atoms with Gasteiger partial charge in [-0.2, -0.15) is 0 Å². The van der Waals surface area contributed by atoms with Crippen LogP contribution in [0.15, 0.2) is 25.3 Å². The lowest BCUT2D eigenvalue weighted by molar-refractivity contribution is -0.147. The Balaban J connectivity index is 4.33. The minimum absolute atomic E-state index is 0.204. The Hall–Kier alpha value is -1.58. The van der Waals surface area contributed by atoms with Crippen molar-refractivity contribution >= 4 is 11.9 Å². The van der Waals surface area contributed by atoms with Crippen molar-refractivity contribution in [3.05, 3.63) is 25.3 Å². The van der Waals surface area contributed by atoms with E-state index in [4.69, 9.17) is 9.47 Å². The molecule has 96 valence electrons. The molecule has 0 bridgehead atoms. The maximum atomic E-state index is 11.0. The van der Waals surface area contributed by atoms with E-state index in [-0.39, 0.29) is 18.6 Å². The normalized spacial score (nSPS) is 10.5. The molecule has 0 rings (SSSR count). The smallest absolute Gasteiger partial charge is 0.330 e. The minimum atomic E-state index is -0.470. The summed E-state index contributed by atoms with van der Waals surface area (Å²) < 4.78 is 10.0. The van der Waals surface area contributed by atoms with Crippen LogP contribution in [0.1, 0.15) is 26.7 Å². The topological polar surface area (TPSA) is 52.6 Å². The van der Waals surface area contributed by atoms with Gasteiger partial charge in [0.15, 0.2) is 0 Å². The molecule has 0 fully saturated rings. The highest BCUT2D eigenvalue weighted by molar-refractivity contribution is 5.81. The van der Waals surface area contributed by atoms with Crippen molar-refractivity contribution in [2.24, 2.45) is 5.41 Å². The summed E-state index contributed by atoms with van der Waals surface area (Å²) in [7, 11) is 0. The molecule has 0 aliphatic heterocycles. The van der Waals surface area contributed by atoms with Gasteiger partial charge in [-0.05, 0) is 6.42 Å². The van der Waals surface area contributed by atoms with Crippen molar-refractivity contribution in [2.75, 3.05) is 13.2 Å². The predicted molar refractivity (Wildman–Crippen MR) is 65.3 cm³/mol. The van der Waals surface area contributed by atoms with Gasteiger partial charge in [0, 0.05) is 17.6 Å². The van der Waals surface area contributed by atoms with Crippen LogP contribution >= 0.6 is 0 Å². The van der Waals surface area contributed by atoms with Crippen LogP contribution in [-0.2, 0) is 19.1 Å². The third-order valence-electron chi connectivity index (χ3n) is 2.31. The van der Waals surface area contributed by atoms with E-state index in [2.05, 4.69) is 13.2 Å². The molecule has 0 heterocycles. The van der Waals surface area contributed by atoms with Gasteiger partial charge in [-0.15, -0.1) is 0 Å². The van der Waals surface area contributed by atoms with Crippen LogP contribution in [-0.4, -0.2) is 25.2 Å². The van der Waals surface area contributed by atoms with E-state index in [0.29, 0.717) is 0 Å². The van der Waals surface area contributed by atoms with Crippen molar-refractivity contribution in [3.8, 4) is 0 Å². The first-order valence-corrected chi connectivity index (χ1v) is 5.56. The van der Waals surface area contributed by atoms with Gasteiger partial charge in [0.05, 0.1) is 0 Å². The second-order valence-electron chi connectivity index (χ2n) is 4.18. The zero-order chi connectivity index (χ0) is 13.3. The zero-order valence-electron chi connectivity index (χ0n) is 10.5. The Morgan fingerprint density at radius 2 is 1.53 bits per heavy atom. The van der Waals surface area contributed by atoms with Crippen LogP contribution in [0.5, 0.6) is 0 Å². The van der Waals surface area contributed by atoms with E-state index in [1.165, 1.54) is 0 Å². The quantitative estimate of drug-likeness (QED) is 0.482. The summed E-state index contributed by atoms with van der Waals surface area (Å²) >= 11 is 0. The van der Waals surface area contributed by atoms with E-state index >= 15 is 0 Å². The highest BCUT2D eigenvalue weighted by Gasteiger charge is 2.26. The lowest BCUT2D eigenvalue weighted by Gasteiger charge is -2.27. The van der Waals surface area contributed by atoms with E-state index < -0.39 is 11.9 Å². The zero-order valence-corrected chi connectivity index (χ0v) is 10.5. The minimum Gasteiger partial charge on any atom is -0.462 e. The molecule has 0 saturated heterocycles. The van der Waals surface area contributed by atoms with Crippen molar-refractivity contribution < 1.29 is 19.1 Å². The van der Waals surface area contributed by atoms with Gasteiger partial charge in [-0.1, -0.05) is 33.4 Å². The summed E-state index contributed by atoms with van der Waals surface area (Å²) in [4.78, 5) is 22.0. The molecule has 0 aliphatic rings. The van der Waals surface area contributed by atoms with Crippen molar-refractivity contribution in [1.82, 2.24) is 0 Å². The van der Waals surface area contributed by atoms with Gasteiger partial charge in [-0.25, -0.2) is 9.59 Å². The van der Waals surface area contributed by atoms with E-state index in [1.54, 1.807) is 0 Å². The maximum Gasteiger partial charge on any atom is 0.330 e. The van der Waals surface area contributed by atoms with E-state index in [0.717, 1.165) is 25.0 Å². The molecule has 0 spiro atoms. The SMILES string of the molecule is C=CC(=O)OCC(C)(CCC)COC(=O)C=C. The fourth-order valence-corrected chi connectivity index (χ4v) is 1.40. The number of rotatable bonds is 8. The monoisotopic (exact) mass is 240 g/mol. The van der Waals surface area contributed by atoms with Gasteiger partial charge < -0.3 is 9.47 Å². The Morgan fingerprint density at radius 1 is 1.12 bits per heavy atom. The number of carbonyl (C=O) groups is 2. The first-order valence-electron chi connectivity index (χ1n) is 5.56. The number of carbonyl (C=O) groups excluding carboxylic acids is 2. The highest BCUT2D eigenvalue weighted by atomic mass is 16.5. The lowest BCUT2D eigenvalue weighted by Crippen LogP contribution is -2.31. The molecule has 0 aromatic heterocycles. The number of esters is 2. The van der Waals surface area contributed by atoms with Crippen LogP contribution in [0.4, 0.5) is 0 Å². The van der Waals surface area contributed by atoms with Crippen molar-refractivity contribution in [1.29, 1.82) is 0 Å². The standard InChI is InChI=1S/C13H20O4/c1-5-8-13(4,9-16-11(14)6-2)10-17-12(15)7-3/h6-7H,2-3,5,8-10H2,1,4H3. The maximum absolute atomic E-state index is 11.0. The van der Waals surface area contributed by atoms with Crippen molar-refractivity contribution in [2.45, 2.75) is 26.7 Å². The Kier molecular flexibility index (Phi) is 6.94. The third-order valence-corrected chi connectivity index (χ3v) is 2.31. The number of hydrogen-bond donors (Lipinski definition) is 0. The predicted octanol–water partition coefficient (Wildman–Crippen LogP) is 2.25. The molecule has 0 aromatic rings. The van der Waals surface area contributed by atoms with Gasteiger partial charge >= 0.3 is 11.9 Å². The molecule has 4 nitrogen and oxygen atoms in total. The molecule has 0 unspecified atom stereocenters. The van der Waals surface area contributed by atoms with Crippen molar-refractivity contribution in [3.63, 3.8) is 0 Å². The summed E-state index contributed by atoms with van der Waals surface area (Å²) in [6.07, 6.45) is 3.93. The third kappa shape index (κ3) is 6.56. The fraction of sp³-hybridized carbons (Fsp3) is 0.538. The van der Waals surface area contributed by atoms with E-state index in [1.807, 2.05) is 13.8 Å². The van der Waals surface area contributed by atoms with Crippen LogP contribution in [0.25, 0.3) is 0 Å². The second-order valence-corrected chi connectivity index (χ2v) is 4.18. The lowest BCUT2D eigenvalue weighted by atomic mass is 9.87. The molecule has 0 N–H and O–H groups in total. The Bertz CT molecular complexity index is 270. The summed E-state index contributed by atoms with van der Waals surface area (Å²) in [6.45, 7) is 11.0. The number of ether oxygens (including phenoxy) is 2. The number of hydrogen-bond acceptors (Lipinski definition) is 4. The molecule has 0 radical (unpaired) electrons. The van der Waals surface area contributed by atoms with Gasteiger partial charge in [0.1, 0.15) is 13.2 Å². The first kappa shape index (κ1) is 15.4. The van der Waals surface area contributed by atoms with Crippen LogP contribution in [0.2, 0.25) is 0 Å². The van der Waals surface area contributed by atoms with Gasteiger partial charge in [0.25, 0.3) is 0 Å². The molecular weight excluding hydrogens is 220 g/mol. The molecule has 0 amide bonds. The summed E-state index contributed by atoms with van der Waals surface area (Å²) in [5.41, 5.74) is -0.369. The first-order chi connectivity index (χ1) is 7.97. The van der Waals surface area contributed by atoms with Crippen LogP contribution < -0.4 is 0 Å². The molecule has 17 heavy (non-hydrogen) atoms. The average Bonchev–Trinajstić information content (AvgIpc) is 2.33. The average molecular weight is 240 g/mol. The molecule has 0 saturated carbocycles. The summed E-state index contributed by atoms with van der Waals surface area (Å²) in [5.74, 6) is -0.940. The summed E-state index contributed by atoms with van der Waals surface area (Å²) in [5, 5.41) is 0. The molecule has 4 heteroatoms. The van der Waals surface area contributed by atoms with Crippen LogP contribution in [0, 0.1) is 5.41 Å². The fourth-order valence-electron chi connectivity index (χ4n) is 1.40. The van der Waals surface area contributed by atoms with Gasteiger partial charge in [0.2, 0.25) is 0 Å². The second kappa shape index (κ2) is 7.65. The Morgan fingerprint density at radius 3 is 1.82 bits per heavy atom. The summed E-state index contributed by atoms with van der Waals surface area (Å²) in [6, 6.07) is 0. The van der Waals surface area contributed by atoms with Crippen LogP contribution in [0.3, 0.4) is 0 Å². The largest absolute Gasteiger partial charge is 0.462 e.